The van der Waals surface area contributed by atoms with Crippen LogP contribution in [0.5, 0.6) is 0 Å². The van der Waals surface area contributed by atoms with Gasteiger partial charge < -0.3 is 0 Å². The number of rotatable bonds is 1. The van der Waals surface area contributed by atoms with Gasteiger partial charge in [0.1, 0.15) is 0 Å². The fraction of sp³-hybridized carbons (Fsp3) is 0.222. The van der Waals surface area contributed by atoms with Gasteiger partial charge in [-0.2, -0.15) is 0 Å². The molecule has 0 fully saturated rings. The van der Waals surface area contributed by atoms with E-state index in [1.807, 2.05) is 6.92 Å². The molecule has 0 N–H and O–H groups in total. The lowest BCUT2D eigenvalue weighted by Gasteiger charge is -2.04. The van der Waals surface area contributed by atoms with E-state index in [4.69, 9.17) is 23.2 Å². The smallest absolute Gasteiger partial charge is 0.252 e. The zero-order chi connectivity index (χ0) is 9.30. The molecular weight excluding hydrogens is 195 g/mol. The van der Waals surface area contributed by atoms with E-state index in [0.717, 1.165) is 11.1 Å². The van der Waals surface area contributed by atoms with Crippen LogP contribution in [-0.4, -0.2) is 5.24 Å². The van der Waals surface area contributed by atoms with E-state index in [2.05, 4.69) is 0 Å². The molecule has 0 radical (unpaired) electrons. The number of halogens is 2. The Hall–Kier alpha value is -0.530. The number of benzene rings is 1. The Morgan fingerprint density at radius 1 is 1.33 bits per heavy atom. The Kier molecular flexibility index (Phi) is 2.76. The Labute approximate surface area is 81.3 Å². The van der Waals surface area contributed by atoms with Crippen LogP contribution in [0.15, 0.2) is 12.1 Å². The van der Waals surface area contributed by atoms with Crippen LogP contribution in [0.3, 0.4) is 0 Å². The fourth-order valence-electron chi connectivity index (χ4n) is 1.02. The van der Waals surface area contributed by atoms with Crippen molar-refractivity contribution in [1.29, 1.82) is 0 Å². The van der Waals surface area contributed by atoms with Crippen molar-refractivity contribution in [3.05, 3.63) is 33.8 Å². The first kappa shape index (κ1) is 9.56. The van der Waals surface area contributed by atoms with Gasteiger partial charge >= 0.3 is 0 Å². The molecule has 1 aromatic carbocycles. The SMILES string of the molecule is Cc1cc(Cl)c(C)c(C(=O)Cl)c1. The number of carbonyl (C=O) groups is 1. The number of carbonyl (C=O) groups excluding carboxylic acids is 1. The molecule has 64 valence electrons. The minimum Gasteiger partial charge on any atom is -0.276 e. The molecule has 0 spiro atoms. The molecule has 0 aromatic heterocycles. The largest absolute Gasteiger partial charge is 0.276 e. The van der Waals surface area contributed by atoms with Gasteiger partial charge in [-0.1, -0.05) is 11.6 Å². The molecule has 0 aliphatic heterocycles. The van der Waals surface area contributed by atoms with Crippen molar-refractivity contribution in [2.24, 2.45) is 0 Å². The molecule has 0 unspecified atom stereocenters. The Bertz CT molecular complexity index is 332. The highest BCUT2D eigenvalue weighted by molar-refractivity contribution is 6.68. The number of aryl methyl sites for hydroxylation is 1. The number of hydrogen-bond donors (Lipinski definition) is 0. The van der Waals surface area contributed by atoms with Crippen LogP contribution in [0.1, 0.15) is 21.5 Å². The average molecular weight is 203 g/mol. The highest BCUT2D eigenvalue weighted by Gasteiger charge is 2.08. The van der Waals surface area contributed by atoms with Gasteiger partial charge in [-0.3, -0.25) is 4.79 Å². The van der Waals surface area contributed by atoms with E-state index in [1.165, 1.54) is 0 Å². The summed E-state index contributed by atoms with van der Waals surface area (Å²) in [5.74, 6) is 0. The van der Waals surface area contributed by atoms with Gasteiger partial charge in [-0.15, -0.1) is 0 Å². The predicted octanol–water partition coefficient (Wildman–Crippen LogP) is 3.34. The average Bonchev–Trinajstić information content (AvgIpc) is 1.96. The molecule has 1 nitrogen and oxygen atoms in total. The van der Waals surface area contributed by atoms with Crippen molar-refractivity contribution in [2.75, 3.05) is 0 Å². The Morgan fingerprint density at radius 3 is 2.42 bits per heavy atom. The van der Waals surface area contributed by atoms with E-state index in [1.54, 1.807) is 19.1 Å². The van der Waals surface area contributed by atoms with Crippen molar-refractivity contribution in [3.8, 4) is 0 Å². The minimum atomic E-state index is -0.460. The lowest BCUT2D eigenvalue weighted by Crippen LogP contribution is -1.94. The van der Waals surface area contributed by atoms with Crippen molar-refractivity contribution in [3.63, 3.8) is 0 Å². The van der Waals surface area contributed by atoms with Crippen LogP contribution in [0.2, 0.25) is 5.02 Å². The van der Waals surface area contributed by atoms with Crippen molar-refractivity contribution in [2.45, 2.75) is 13.8 Å². The standard InChI is InChI=1S/C9H8Cl2O/c1-5-3-7(9(11)12)6(2)8(10)4-5/h3-4H,1-2H3. The van der Waals surface area contributed by atoms with Crippen LogP contribution >= 0.6 is 23.2 Å². The summed E-state index contributed by atoms with van der Waals surface area (Å²) >= 11 is 11.2. The third-order valence-electron chi connectivity index (χ3n) is 1.70. The second kappa shape index (κ2) is 3.46. The van der Waals surface area contributed by atoms with E-state index in [9.17, 15) is 4.79 Å². The lowest BCUT2D eigenvalue weighted by atomic mass is 10.1. The van der Waals surface area contributed by atoms with Gasteiger partial charge in [0.05, 0.1) is 0 Å². The normalized spacial score (nSPS) is 10.0. The predicted molar refractivity (Wildman–Crippen MR) is 51.1 cm³/mol. The van der Waals surface area contributed by atoms with Crippen molar-refractivity contribution < 1.29 is 4.79 Å². The third-order valence-corrected chi connectivity index (χ3v) is 2.30. The fourth-order valence-corrected chi connectivity index (χ4v) is 1.49. The van der Waals surface area contributed by atoms with Gasteiger partial charge in [0.15, 0.2) is 0 Å². The van der Waals surface area contributed by atoms with Crippen LogP contribution < -0.4 is 0 Å². The molecule has 0 atom stereocenters. The summed E-state index contributed by atoms with van der Waals surface area (Å²) in [6.07, 6.45) is 0. The maximum absolute atomic E-state index is 10.9. The number of hydrogen-bond acceptors (Lipinski definition) is 1. The first-order chi connectivity index (χ1) is 5.52. The molecule has 0 heterocycles. The summed E-state index contributed by atoms with van der Waals surface area (Å²) in [5.41, 5.74) is 2.17. The Balaban J connectivity index is 3.37. The van der Waals surface area contributed by atoms with Crippen LogP contribution in [0, 0.1) is 13.8 Å². The molecule has 0 bridgehead atoms. The molecule has 0 aliphatic rings. The molecule has 1 rings (SSSR count). The first-order valence-electron chi connectivity index (χ1n) is 3.49. The summed E-state index contributed by atoms with van der Waals surface area (Å²) in [6, 6.07) is 3.54. The summed E-state index contributed by atoms with van der Waals surface area (Å²) in [4.78, 5) is 10.9. The first-order valence-corrected chi connectivity index (χ1v) is 4.24. The molecule has 12 heavy (non-hydrogen) atoms. The molecule has 3 heteroatoms. The van der Waals surface area contributed by atoms with Gasteiger partial charge in [0.25, 0.3) is 5.24 Å². The van der Waals surface area contributed by atoms with E-state index in [0.29, 0.717) is 10.6 Å². The Morgan fingerprint density at radius 2 is 1.92 bits per heavy atom. The van der Waals surface area contributed by atoms with Gasteiger partial charge in [0.2, 0.25) is 0 Å². The topological polar surface area (TPSA) is 17.1 Å². The summed E-state index contributed by atoms with van der Waals surface area (Å²) in [6.45, 7) is 3.64. The quantitative estimate of drug-likeness (QED) is 0.639. The van der Waals surface area contributed by atoms with Gasteiger partial charge in [0, 0.05) is 10.6 Å². The maximum atomic E-state index is 10.9. The lowest BCUT2D eigenvalue weighted by molar-refractivity contribution is 0.108. The van der Waals surface area contributed by atoms with E-state index >= 15 is 0 Å². The zero-order valence-corrected chi connectivity index (χ0v) is 8.33. The van der Waals surface area contributed by atoms with Gasteiger partial charge in [-0.25, -0.2) is 0 Å². The van der Waals surface area contributed by atoms with Crippen LogP contribution in [-0.2, 0) is 0 Å². The molecule has 0 saturated carbocycles. The van der Waals surface area contributed by atoms with Crippen LogP contribution in [0.4, 0.5) is 0 Å². The highest BCUT2D eigenvalue weighted by Crippen LogP contribution is 2.22. The monoisotopic (exact) mass is 202 g/mol. The zero-order valence-electron chi connectivity index (χ0n) is 6.82. The maximum Gasteiger partial charge on any atom is 0.252 e. The van der Waals surface area contributed by atoms with Crippen molar-refractivity contribution >= 4 is 28.4 Å². The summed E-state index contributed by atoms with van der Waals surface area (Å²) in [7, 11) is 0. The van der Waals surface area contributed by atoms with Crippen molar-refractivity contribution in [1.82, 2.24) is 0 Å². The minimum absolute atomic E-state index is 0.460. The molecular formula is C9H8Cl2O. The summed E-state index contributed by atoms with van der Waals surface area (Å²) < 4.78 is 0. The summed E-state index contributed by atoms with van der Waals surface area (Å²) in [5, 5.41) is 0.122. The van der Waals surface area contributed by atoms with E-state index in [-0.39, 0.29) is 0 Å². The molecule has 0 saturated heterocycles. The second-order valence-electron chi connectivity index (χ2n) is 2.69. The molecule has 0 amide bonds. The highest BCUT2D eigenvalue weighted by atomic mass is 35.5. The molecule has 1 aromatic rings. The second-order valence-corrected chi connectivity index (χ2v) is 3.44. The van der Waals surface area contributed by atoms with Crippen LogP contribution in [0.25, 0.3) is 0 Å². The van der Waals surface area contributed by atoms with E-state index < -0.39 is 5.24 Å². The van der Waals surface area contributed by atoms with Gasteiger partial charge in [-0.05, 0) is 48.7 Å². The third kappa shape index (κ3) is 1.79. The molecule has 0 aliphatic carbocycles.